The zero-order valence-corrected chi connectivity index (χ0v) is 24.5. The van der Waals surface area contributed by atoms with Crippen molar-refractivity contribution in [3.05, 3.63) is 94.5 Å². The largest absolute Gasteiger partial charge is 0.352 e. The maximum Gasteiger partial charge on any atom is 0.264 e. The van der Waals surface area contributed by atoms with Crippen molar-refractivity contribution in [3.8, 4) is 0 Å². The molecule has 0 aliphatic carbocycles. The normalized spacial score (nSPS) is 12.9. The van der Waals surface area contributed by atoms with Crippen LogP contribution >= 0.6 is 15.9 Å². The third kappa shape index (κ3) is 7.45. The summed E-state index contributed by atoms with van der Waals surface area (Å²) in [7, 11) is -4.08. The summed E-state index contributed by atoms with van der Waals surface area (Å²) in [6, 6.07) is 21.7. The molecule has 2 atom stereocenters. The smallest absolute Gasteiger partial charge is 0.264 e. The molecule has 0 saturated heterocycles. The van der Waals surface area contributed by atoms with Crippen molar-refractivity contribution in [2.45, 2.75) is 57.6 Å². The zero-order valence-electron chi connectivity index (χ0n) is 22.1. The Morgan fingerprint density at radius 1 is 0.921 bits per heavy atom. The average molecular weight is 601 g/mol. The highest BCUT2D eigenvalue weighted by molar-refractivity contribution is 9.10. The summed E-state index contributed by atoms with van der Waals surface area (Å²) in [4.78, 5) is 28.4. The molecule has 0 aliphatic heterocycles. The first-order valence-electron chi connectivity index (χ1n) is 12.5. The fourth-order valence-corrected chi connectivity index (χ4v) is 5.48. The highest BCUT2D eigenvalue weighted by Gasteiger charge is 2.32. The lowest BCUT2D eigenvalue weighted by Gasteiger charge is -2.32. The van der Waals surface area contributed by atoms with Crippen LogP contribution in [0.4, 0.5) is 5.69 Å². The van der Waals surface area contributed by atoms with Crippen LogP contribution in [-0.2, 0) is 26.2 Å². The number of hydrogen-bond acceptors (Lipinski definition) is 4. The van der Waals surface area contributed by atoms with Crippen LogP contribution in [0, 0.1) is 6.92 Å². The number of anilines is 1. The Labute approximate surface area is 234 Å². The topological polar surface area (TPSA) is 86.8 Å². The lowest BCUT2D eigenvalue weighted by Crippen LogP contribution is -2.52. The molecule has 0 bridgehead atoms. The van der Waals surface area contributed by atoms with E-state index in [1.54, 1.807) is 43.3 Å². The number of sulfonamides is 1. The SMILES string of the molecule is CC[C@@H](C)NC(=O)[C@@H](C)N(Cc1ccccc1)C(=O)CN(c1ccc(Br)cc1)S(=O)(=O)c1ccc(C)cc1. The van der Waals surface area contributed by atoms with Crippen molar-refractivity contribution >= 4 is 43.5 Å². The summed E-state index contributed by atoms with van der Waals surface area (Å²) in [6.07, 6.45) is 0.747. The van der Waals surface area contributed by atoms with Gasteiger partial charge in [-0.3, -0.25) is 13.9 Å². The van der Waals surface area contributed by atoms with Crippen molar-refractivity contribution < 1.29 is 18.0 Å². The van der Waals surface area contributed by atoms with Crippen LogP contribution in [0.2, 0.25) is 0 Å². The number of nitrogens with one attached hydrogen (secondary N) is 1. The predicted molar refractivity (Wildman–Crippen MR) is 154 cm³/mol. The number of carbonyl (C=O) groups is 2. The van der Waals surface area contributed by atoms with Gasteiger partial charge in [0.1, 0.15) is 12.6 Å². The Morgan fingerprint density at radius 2 is 1.53 bits per heavy atom. The molecule has 38 heavy (non-hydrogen) atoms. The second-order valence-corrected chi connectivity index (χ2v) is 12.1. The maximum absolute atomic E-state index is 13.9. The molecule has 0 aromatic heterocycles. The molecule has 3 aromatic carbocycles. The third-order valence-electron chi connectivity index (χ3n) is 6.37. The fraction of sp³-hybridized carbons (Fsp3) is 0.310. The van der Waals surface area contributed by atoms with E-state index in [0.717, 1.165) is 26.3 Å². The Kier molecular flexibility index (Phi) is 10.1. The molecule has 3 aromatic rings. The molecule has 7 nitrogen and oxygen atoms in total. The number of amides is 2. The van der Waals surface area contributed by atoms with Crippen LogP contribution in [0.5, 0.6) is 0 Å². The van der Waals surface area contributed by atoms with E-state index < -0.39 is 28.5 Å². The van der Waals surface area contributed by atoms with Crippen molar-refractivity contribution in [2.75, 3.05) is 10.8 Å². The quantitative estimate of drug-likeness (QED) is 0.324. The van der Waals surface area contributed by atoms with Crippen LogP contribution in [0.3, 0.4) is 0 Å². The molecule has 0 aliphatic rings. The second kappa shape index (κ2) is 13.1. The zero-order chi connectivity index (χ0) is 27.9. The molecule has 0 fully saturated rings. The molecule has 0 radical (unpaired) electrons. The number of halogens is 1. The summed E-state index contributed by atoms with van der Waals surface area (Å²) in [5.41, 5.74) is 2.10. The summed E-state index contributed by atoms with van der Waals surface area (Å²) < 4.78 is 29.5. The number of carbonyl (C=O) groups excluding carboxylic acids is 2. The molecule has 202 valence electrons. The first-order chi connectivity index (χ1) is 18.0. The van der Waals surface area contributed by atoms with Crippen LogP contribution in [-0.4, -0.2) is 43.8 Å². The first kappa shape index (κ1) is 29.4. The highest BCUT2D eigenvalue weighted by atomic mass is 79.9. The van der Waals surface area contributed by atoms with E-state index in [2.05, 4.69) is 21.2 Å². The van der Waals surface area contributed by atoms with Crippen molar-refractivity contribution in [1.82, 2.24) is 10.2 Å². The Hall–Kier alpha value is -3.17. The summed E-state index contributed by atoms with van der Waals surface area (Å²) in [6.45, 7) is 7.10. The predicted octanol–water partition coefficient (Wildman–Crippen LogP) is 5.28. The monoisotopic (exact) mass is 599 g/mol. The van der Waals surface area contributed by atoms with Crippen molar-refractivity contribution in [1.29, 1.82) is 0 Å². The Bertz CT molecular complexity index is 1330. The van der Waals surface area contributed by atoms with Crippen LogP contribution in [0.25, 0.3) is 0 Å². The molecule has 0 heterocycles. The Morgan fingerprint density at radius 3 is 2.11 bits per heavy atom. The molecule has 2 amide bonds. The van der Waals surface area contributed by atoms with E-state index in [1.165, 1.54) is 17.0 Å². The van der Waals surface area contributed by atoms with E-state index in [4.69, 9.17) is 0 Å². The second-order valence-electron chi connectivity index (χ2n) is 9.30. The van der Waals surface area contributed by atoms with Gasteiger partial charge >= 0.3 is 0 Å². The van der Waals surface area contributed by atoms with Gasteiger partial charge in [0.25, 0.3) is 10.0 Å². The van der Waals surface area contributed by atoms with Gasteiger partial charge in [-0.15, -0.1) is 0 Å². The van der Waals surface area contributed by atoms with Gasteiger partial charge in [0.05, 0.1) is 10.6 Å². The van der Waals surface area contributed by atoms with E-state index >= 15 is 0 Å². The maximum atomic E-state index is 13.9. The summed E-state index contributed by atoms with van der Waals surface area (Å²) >= 11 is 3.38. The molecular weight excluding hydrogens is 566 g/mol. The highest BCUT2D eigenvalue weighted by Crippen LogP contribution is 2.26. The summed E-state index contributed by atoms with van der Waals surface area (Å²) in [5.74, 6) is -0.778. The van der Waals surface area contributed by atoms with Crippen LogP contribution < -0.4 is 9.62 Å². The molecular formula is C29H34BrN3O4S. The van der Waals surface area contributed by atoms with E-state index in [9.17, 15) is 18.0 Å². The van der Waals surface area contributed by atoms with Gasteiger partial charge in [0.15, 0.2) is 0 Å². The van der Waals surface area contributed by atoms with Gasteiger partial charge < -0.3 is 10.2 Å². The van der Waals surface area contributed by atoms with Gasteiger partial charge in [0, 0.05) is 17.1 Å². The molecule has 0 unspecified atom stereocenters. The lowest BCUT2D eigenvalue weighted by atomic mass is 10.1. The number of nitrogens with zero attached hydrogens (tertiary/aromatic N) is 2. The lowest BCUT2D eigenvalue weighted by molar-refractivity contribution is -0.139. The number of aryl methyl sites for hydroxylation is 1. The van der Waals surface area contributed by atoms with Gasteiger partial charge in [-0.05, 0) is 69.2 Å². The average Bonchev–Trinajstić information content (AvgIpc) is 2.91. The van der Waals surface area contributed by atoms with Gasteiger partial charge in [0.2, 0.25) is 11.8 Å². The van der Waals surface area contributed by atoms with E-state index in [-0.39, 0.29) is 23.4 Å². The van der Waals surface area contributed by atoms with E-state index in [0.29, 0.717) is 5.69 Å². The standard InChI is InChI=1S/C29H34BrN3O4S/c1-5-22(3)31-29(35)23(4)32(19-24-9-7-6-8-10-24)28(34)20-33(26-15-13-25(30)14-16-26)38(36,37)27-17-11-21(2)12-18-27/h6-18,22-23H,5,19-20H2,1-4H3,(H,31,35)/t22-,23-/m1/s1. The van der Waals surface area contributed by atoms with Crippen molar-refractivity contribution in [2.24, 2.45) is 0 Å². The minimum atomic E-state index is -4.08. The van der Waals surface area contributed by atoms with Gasteiger partial charge in [-0.25, -0.2) is 8.42 Å². The van der Waals surface area contributed by atoms with Crippen molar-refractivity contribution in [3.63, 3.8) is 0 Å². The molecule has 0 spiro atoms. The Balaban J connectivity index is 2.00. The number of rotatable bonds is 11. The van der Waals surface area contributed by atoms with Crippen LogP contribution in [0.1, 0.15) is 38.3 Å². The molecule has 9 heteroatoms. The minimum Gasteiger partial charge on any atom is -0.352 e. The first-order valence-corrected chi connectivity index (χ1v) is 14.7. The third-order valence-corrected chi connectivity index (χ3v) is 8.68. The van der Waals surface area contributed by atoms with Gasteiger partial charge in [-0.2, -0.15) is 0 Å². The fourth-order valence-electron chi connectivity index (χ4n) is 3.80. The number of benzene rings is 3. The van der Waals surface area contributed by atoms with E-state index in [1.807, 2.05) is 51.1 Å². The molecule has 1 N–H and O–H groups in total. The minimum absolute atomic E-state index is 0.0557. The number of hydrogen-bond donors (Lipinski definition) is 1. The molecule has 3 rings (SSSR count). The van der Waals surface area contributed by atoms with Gasteiger partial charge in [-0.1, -0.05) is 70.9 Å². The van der Waals surface area contributed by atoms with Crippen LogP contribution in [0.15, 0.2) is 88.2 Å². The molecule has 0 saturated carbocycles. The summed E-state index contributed by atoms with van der Waals surface area (Å²) in [5, 5.41) is 2.93.